The third-order valence-electron chi connectivity index (χ3n) is 5.40. The average molecular weight is 447 g/mol. The van der Waals surface area contributed by atoms with E-state index in [1.807, 2.05) is 38.6 Å². The molecule has 31 heavy (non-hydrogen) atoms. The van der Waals surface area contributed by atoms with Gasteiger partial charge >= 0.3 is 5.56 Å². The van der Waals surface area contributed by atoms with Crippen LogP contribution in [0.25, 0.3) is 10.9 Å². The Morgan fingerprint density at radius 2 is 2.06 bits per heavy atom. The number of hydrogen-bond acceptors (Lipinski definition) is 5. The van der Waals surface area contributed by atoms with Gasteiger partial charge in [0.15, 0.2) is 6.73 Å². The minimum absolute atomic E-state index is 0.00406. The van der Waals surface area contributed by atoms with E-state index in [-0.39, 0.29) is 23.3 Å². The van der Waals surface area contributed by atoms with E-state index in [1.165, 1.54) is 12.1 Å². The van der Waals surface area contributed by atoms with E-state index in [9.17, 15) is 13.2 Å². The molecule has 1 saturated carbocycles. The van der Waals surface area contributed by atoms with E-state index >= 15 is 0 Å². The first-order chi connectivity index (χ1) is 14.6. The molecule has 0 amide bonds. The first-order valence-electron chi connectivity index (χ1n) is 10.3. The largest absolute Gasteiger partial charge is 0.345 e. The average Bonchev–Trinajstić information content (AvgIpc) is 3.27. The number of aryl methyl sites for hydroxylation is 1. The van der Waals surface area contributed by atoms with E-state index in [0.717, 1.165) is 18.4 Å². The topological polar surface area (TPSA) is 99.1 Å². The van der Waals surface area contributed by atoms with Gasteiger partial charge < -0.3 is 4.74 Å². The monoisotopic (exact) mass is 446 g/mol. The summed E-state index contributed by atoms with van der Waals surface area (Å²) in [5.41, 5.74) is 0.821. The molecule has 1 aliphatic carbocycles. The summed E-state index contributed by atoms with van der Waals surface area (Å²) >= 11 is 0. The lowest BCUT2D eigenvalue weighted by Gasteiger charge is -2.13. The third-order valence-corrected chi connectivity index (χ3v) is 7.03. The molecule has 0 unspecified atom stereocenters. The van der Waals surface area contributed by atoms with Crippen LogP contribution >= 0.6 is 0 Å². The SMILES string of the molecule is CC(C)OC[n+]1cn(Cc2cnn(C)c2)c(=O)c2cc(S(=O)(=O)NC3(C)CC3)ccc21. The number of rotatable bonds is 8. The van der Waals surface area contributed by atoms with Gasteiger partial charge in [-0.2, -0.15) is 9.67 Å². The molecule has 2 aromatic heterocycles. The molecule has 1 aromatic carbocycles. The van der Waals surface area contributed by atoms with Crippen molar-refractivity contribution in [1.29, 1.82) is 0 Å². The van der Waals surface area contributed by atoms with E-state index in [1.54, 1.807) is 27.8 Å². The first-order valence-corrected chi connectivity index (χ1v) is 11.7. The number of fused-ring (bicyclic) bond motifs is 1. The van der Waals surface area contributed by atoms with Crippen LogP contribution in [0.1, 0.15) is 39.2 Å². The van der Waals surface area contributed by atoms with Crippen molar-refractivity contribution in [2.45, 2.75) is 63.4 Å². The number of nitrogens with zero attached hydrogens (tertiary/aromatic N) is 4. The van der Waals surface area contributed by atoms with Crippen LogP contribution in [0.15, 0.2) is 46.6 Å². The van der Waals surface area contributed by atoms with Gasteiger partial charge in [-0.1, -0.05) is 0 Å². The van der Waals surface area contributed by atoms with Gasteiger partial charge in [-0.25, -0.2) is 22.5 Å². The number of nitrogens with one attached hydrogen (secondary N) is 1. The standard InChI is InChI=1S/C21H28N5O4S/c1-15(2)30-14-26-13-25(12-16-10-22-24(4)11-16)20(27)18-9-17(5-6-19(18)26)31(28,29)23-21(3)7-8-21/h5-6,9-11,13,15,23H,7-8,12,14H2,1-4H3/q+1. The first kappa shape index (κ1) is 21.7. The fraction of sp³-hybridized carbons (Fsp3) is 0.476. The van der Waals surface area contributed by atoms with E-state index in [2.05, 4.69) is 9.82 Å². The molecule has 0 bridgehead atoms. The summed E-state index contributed by atoms with van der Waals surface area (Å²) in [7, 11) is -1.91. The maximum atomic E-state index is 13.3. The third kappa shape index (κ3) is 4.70. The highest BCUT2D eigenvalue weighted by Gasteiger charge is 2.41. The van der Waals surface area contributed by atoms with Gasteiger partial charge in [-0.15, -0.1) is 0 Å². The maximum Gasteiger partial charge on any atom is 0.345 e. The predicted molar refractivity (Wildman–Crippen MR) is 115 cm³/mol. The van der Waals surface area contributed by atoms with E-state index < -0.39 is 15.6 Å². The van der Waals surface area contributed by atoms with Crippen molar-refractivity contribution in [3.05, 3.63) is 52.8 Å². The smallest absolute Gasteiger partial charge is 0.339 e. The molecule has 3 aromatic rings. The number of benzene rings is 1. The fourth-order valence-corrected chi connectivity index (χ4v) is 4.90. The highest BCUT2D eigenvalue weighted by molar-refractivity contribution is 7.89. The molecule has 4 rings (SSSR count). The molecule has 0 atom stereocenters. The minimum Gasteiger partial charge on any atom is -0.339 e. The molecule has 0 saturated heterocycles. The van der Waals surface area contributed by atoms with Crippen LogP contribution < -0.4 is 14.8 Å². The molecule has 1 N–H and O–H groups in total. The zero-order valence-electron chi connectivity index (χ0n) is 18.2. The maximum absolute atomic E-state index is 13.3. The molecule has 0 aliphatic heterocycles. The number of ether oxygens (including phenoxy) is 1. The van der Waals surface area contributed by atoms with Crippen LogP contribution in [-0.4, -0.2) is 34.4 Å². The van der Waals surface area contributed by atoms with Crippen LogP contribution in [0.2, 0.25) is 0 Å². The Kier molecular flexibility index (Phi) is 5.48. The van der Waals surface area contributed by atoms with Gasteiger partial charge in [0.05, 0.1) is 17.2 Å². The number of aromatic nitrogens is 4. The van der Waals surface area contributed by atoms with Crippen LogP contribution in [0.5, 0.6) is 0 Å². The zero-order valence-corrected chi connectivity index (χ0v) is 19.0. The van der Waals surface area contributed by atoms with E-state index in [4.69, 9.17) is 4.74 Å². The lowest BCUT2D eigenvalue weighted by atomic mass is 10.2. The molecule has 9 nitrogen and oxygen atoms in total. The van der Waals surface area contributed by atoms with Crippen LogP contribution in [0.3, 0.4) is 0 Å². The summed E-state index contributed by atoms with van der Waals surface area (Å²) in [6.07, 6.45) is 6.87. The van der Waals surface area contributed by atoms with Crippen LogP contribution in [-0.2, 0) is 35.1 Å². The second-order valence-corrected chi connectivity index (χ2v) is 10.4. The molecule has 166 valence electrons. The lowest BCUT2D eigenvalue weighted by molar-refractivity contribution is -0.715. The van der Waals surface area contributed by atoms with Crippen molar-refractivity contribution in [3.8, 4) is 0 Å². The molecule has 10 heteroatoms. The summed E-state index contributed by atoms with van der Waals surface area (Å²) in [5.74, 6) is 0. The van der Waals surface area contributed by atoms with Gasteiger partial charge in [-0.3, -0.25) is 4.68 Å². The second kappa shape index (κ2) is 7.85. The molecule has 0 spiro atoms. The van der Waals surface area contributed by atoms with Crippen LogP contribution in [0, 0.1) is 0 Å². The van der Waals surface area contributed by atoms with Crippen molar-refractivity contribution < 1.29 is 17.7 Å². The molecule has 0 radical (unpaired) electrons. The Labute approximate surface area is 181 Å². The number of sulfonamides is 1. The quantitative estimate of drug-likeness (QED) is 0.526. The van der Waals surface area contributed by atoms with Crippen molar-refractivity contribution in [3.63, 3.8) is 0 Å². The number of hydrogen-bond donors (Lipinski definition) is 1. The van der Waals surface area contributed by atoms with E-state index in [0.29, 0.717) is 17.4 Å². The highest BCUT2D eigenvalue weighted by Crippen LogP contribution is 2.36. The van der Waals surface area contributed by atoms with Gasteiger partial charge in [0, 0.05) is 24.3 Å². The van der Waals surface area contributed by atoms with Crippen molar-refractivity contribution in [1.82, 2.24) is 19.1 Å². The summed E-state index contributed by atoms with van der Waals surface area (Å²) in [6.45, 7) is 6.30. The van der Waals surface area contributed by atoms with Crippen molar-refractivity contribution >= 4 is 20.9 Å². The summed E-state index contributed by atoms with van der Waals surface area (Å²) in [5, 5.41) is 4.48. The Hall–Kier alpha value is -2.56. The highest BCUT2D eigenvalue weighted by atomic mass is 32.2. The van der Waals surface area contributed by atoms with Gasteiger partial charge in [0.1, 0.15) is 17.4 Å². The Bertz CT molecular complexity index is 1290. The molecule has 1 aliphatic rings. The summed E-state index contributed by atoms with van der Waals surface area (Å²) < 4.78 is 39.3. The fourth-order valence-electron chi connectivity index (χ4n) is 3.41. The molecule has 1 fully saturated rings. The van der Waals surface area contributed by atoms with Gasteiger partial charge in [0.2, 0.25) is 16.4 Å². The van der Waals surface area contributed by atoms with Crippen molar-refractivity contribution in [2.24, 2.45) is 7.05 Å². The molecule has 2 heterocycles. The summed E-state index contributed by atoms with van der Waals surface area (Å²) in [6, 6.07) is 4.66. The molecular weight excluding hydrogens is 418 g/mol. The summed E-state index contributed by atoms with van der Waals surface area (Å²) in [4.78, 5) is 13.4. The molecular formula is C21H28N5O4S+. The minimum atomic E-state index is -3.72. The normalized spacial score (nSPS) is 15.6. The second-order valence-electron chi connectivity index (χ2n) is 8.73. The Balaban J connectivity index is 1.81. The zero-order chi connectivity index (χ0) is 22.4. The lowest BCUT2D eigenvalue weighted by Crippen LogP contribution is -2.43. The van der Waals surface area contributed by atoms with Crippen molar-refractivity contribution in [2.75, 3.05) is 0 Å². The predicted octanol–water partition coefficient (Wildman–Crippen LogP) is 1.28. The van der Waals surface area contributed by atoms with Gasteiger partial charge in [0.25, 0.3) is 0 Å². The Morgan fingerprint density at radius 3 is 2.68 bits per heavy atom. The Morgan fingerprint density at radius 1 is 1.32 bits per heavy atom. The van der Waals surface area contributed by atoms with Crippen LogP contribution in [0.4, 0.5) is 0 Å². The van der Waals surface area contributed by atoms with Gasteiger partial charge in [-0.05, 0) is 51.8 Å².